The molecule has 0 bridgehead atoms. The van der Waals surface area contributed by atoms with Crippen LogP contribution in [0, 0.1) is 33.8 Å². The average molecular weight is 380 g/mol. The first-order valence-electron chi connectivity index (χ1n) is 8.46. The number of ketones is 1. The van der Waals surface area contributed by atoms with Crippen LogP contribution in [0.15, 0.2) is 48.0 Å². The number of aliphatic hydroxyl groups is 1. The third kappa shape index (κ3) is 4.35. The van der Waals surface area contributed by atoms with Crippen molar-refractivity contribution >= 4 is 17.2 Å². The largest absolute Gasteiger partial charge is 0.506 e. The van der Waals surface area contributed by atoms with E-state index in [1.54, 1.807) is 39.0 Å². The lowest BCUT2D eigenvalue weighted by Crippen LogP contribution is -2.22. The molecule has 0 fully saturated rings. The third-order valence-electron chi connectivity index (χ3n) is 4.00. The molecule has 2 aromatic rings. The van der Waals surface area contributed by atoms with Gasteiger partial charge in [-0.2, -0.15) is 5.26 Å². The number of ether oxygens (including phenoxy) is 1. The number of carbonyl (C=O) groups is 1. The summed E-state index contributed by atoms with van der Waals surface area (Å²) in [6, 6.07) is 12.7. The Labute approximate surface area is 162 Å². The number of hydrogen-bond donors (Lipinski definition) is 1. The van der Waals surface area contributed by atoms with Crippen molar-refractivity contribution in [2.45, 2.75) is 27.7 Å². The van der Waals surface area contributed by atoms with Crippen LogP contribution in [0.3, 0.4) is 0 Å². The highest BCUT2D eigenvalue weighted by atomic mass is 16.6. The number of allylic oxidation sites excluding steroid dienone is 1. The fourth-order valence-electron chi connectivity index (χ4n) is 2.45. The molecule has 0 aliphatic heterocycles. The zero-order valence-corrected chi connectivity index (χ0v) is 16.0. The fraction of sp³-hybridized carbons (Fsp3) is 0.238. The van der Waals surface area contributed by atoms with Crippen molar-refractivity contribution in [3.8, 4) is 17.6 Å². The van der Waals surface area contributed by atoms with Crippen LogP contribution in [0.1, 0.15) is 31.9 Å². The second kappa shape index (κ2) is 7.92. The molecule has 0 amide bonds. The van der Waals surface area contributed by atoms with E-state index < -0.39 is 33.1 Å². The average Bonchev–Trinajstić information content (AvgIpc) is 2.63. The predicted molar refractivity (Wildman–Crippen MR) is 104 cm³/mol. The van der Waals surface area contributed by atoms with E-state index in [1.807, 2.05) is 19.1 Å². The summed E-state index contributed by atoms with van der Waals surface area (Å²) in [5.74, 6) is -0.609. The van der Waals surface area contributed by atoms with Gasteiger partial charge in [0.25, 0.3) is 5.69 Å². The number of nitro groups is 1. The minimum Gasteiger partial charge on any atom is -0.506 e. The summed E-state index contributed by atoms with van der Waals surface area (Å²) in [4.78, 5) is 23.2. The number of hydrogen-bond acceptors (Lipinski definition) is 6. The number of rotatable bonds is 5. The highest BCUT2D eigenvalue weighted by molar-refractivity contribution is 6.08. The molecule has 0 heterocycles. The number of nitro benzene ring substituents is 1. The van der Waals surface area contributed by atoms with Gasteiger partial charge < -0.3 is 9.84 Å². The third-order valence-corrected chi connectivity index (χ3v) is 4.00. The predicted octanol–water partition coefficient (Wildman–Crippen LogP) is 5.10. The molecule has 0 aromatic heterocycles. The molecule has 0 aliphatic rings. The normalized spacial score (nSPS) is 12.0. The monoisotopic (exact) mass is 380 g/mol. The Hall–Kier alpha value is -3.66. The molecule has 0 saturated heterocycles. The van der Waals surface area contributed by atoms with Gasteiger partial charge in [-0.25, -0.2) is 0 Å². The highest BCUT2D eigenvalue weighted by Gasteiger charge is 2.30. The second-order valence-corrected chi connectivity index (χ2v) is 7.22. The van der Waals surface area contributed by atoms with Gasteiger partial charge in [0.1, 0.15) is 23.1 Å². The standard InChI is InChI=1S/C21H20N2O5/c1-13-7-5-6-8-18(13)28-14-9-10-15(17(11-14)23(26)27)19(24)16(12-22)20(25)21(2,3)4/h5-11,24H,1-4H3. The Morgan fingerprint density at radius 1 is 1.21 bits per heavy atom. The molecule has 0 atom stereocenters. The van der Waals surface area contributed by atoms with E-state index in [1.165, 1.54) is 12.1 Å². The smallest absolute Gasteiger partial charge is 0.284 e. The lowest BCUT2D eigenvalue weighted by Gasteiger charge is -2.16. The van der Waals surface area contributed by atoms with E-state index in [-0.39, 0.29) is 11.3 Å². The van der Waals surface area contributed by atoms with Gasteiger partial charge in [0, 0.05) is 5.41 Å². The number of nitriles is 1. The van der Waals surface area contributed by atoms with Crippen LogP contribution in [0.25, 0.3) is 5.76 Å². The van der Waals surface area contributed by atoms with E-state index in [0.717, 1.165) is 11.6 Å². The number of para-hydroxylation sites is 1. The summed E-state index contributed by atoms with van der Waals surface area (Å²) >= 11 is 0. The van der Waals surface area contributed by atoms with E-state index >= 15 is 0 Å². The topological polar surface area (TPSA) is 113 Å². The molecule has 1 N–H and O–H groups in total. The summed E-state index contributed by atoms with van der Waals surface area (Å²) < 4.78 is 5.69. The highest BCUT2D eigenvalue weighted by Crippen LogP contribution is 2.34. The molecular formula is C21H20N2O5. The van der Waals surface area contributed by atoms with Crippen molar-refractivity contribution in [1.82, 2.24) is 0 Å². The maximum absolute atomic E-state index is 12.4. The first kappa shape index (κ1) is 20.6. The molecule has 0 aliphatic carbocycles. The summed E-state index contributed by atoms with van der Waals surface area (Å²) in [5.41, 5.74) is -1.31. The Morgan fingerprint density at radius 3 is 2.39 bits per heavy atom. The van der Waals surface area contributed by atoms with E-state index in [2.05, 4.69) is 0 Å². The van der Waals surface area contributed by atoms with E-state index in [4.69, 9.17) is 4.74 Å². The van der Waals surface area contributed by atoms with E-state index in [0.29, 0.717) is 5.75 Å². The Balaban J connectivity index is 2.55. The molecule has 7 heteroatoms. The van der Waals surface area contributed by atoms with Gasteiger partial charge in [0.2, 0.25) is 0 Å². The molecule has 0 unspecified atom stereocenters. The summed E-state index contributed by atoms with van der Waals surface area (Å²) in [6.07, 6.45) is 0. The quantitative estimate of drug-likeness (QED) is 0.254. The van der Waals surface area contributed by atoms with Gasteiger partial charge >= 0.3 is 0 Å². The van der Waals surface area contributed by atoms with Crippen molar-refractivity contribution < 1.29 is 19.6 Å². The molecule has 7 nitrogen and oxygen atoms in total. The first-order valence-corrected chi connectivity index (χ1v) is 8.46. The SMILES string of the molecule is Cc1ccccc1Oc1ccc(C(O)=C(C#N)C(=O)C(C)(C)C)c([N+](=O)[O-])c1. The lowest BCUT2D eigenvalue weighted by molar-refractivity contribution is -0.385. The maximum atomic E-state index is 12.4. The minimum absolute atomic E-state index is 0.193. The molecule has 2 rings (SSSR count). The van der Waals surface area contributed by atoms with Crippen LogP contribution in [0.2, 0.25) is 0 Å². The van der Waals surface area contributed by atoms with Gasteiger partial charge in [-0.15, -0.1) is 0 Å². The molecule has 144 valence electrons. The zero-order valence-electron chi connectivity index (χ0n) is 16.0. The number of nitrogens with zero attached hydrogens (tertiary/aromatic N) is 2. The Kier molecular flexibility index (Phi) is 5.84. The number of aliphatic hydroxyl groups excluding tert-OH is 1. The number of Topliss-reactive ketones (excluding diaryl/α,β-unsaturated/α-hetero) is 1. The number of aryl methyl sites for hydroxylation is 1. The van der Waals surface area contributed by atoms with Crippen molar-refractivity contribution in [2.75, 3.05) is 0 Å². The van der Waals surface area contributed by atoms with Gasteiger partial charge in [0.05, 0.1) is 16.6 Å². The summed E-state index contributed by atoms with van der Waals surface area (Å²) in [5, 5.41) is 31.3. The molecular weight excluding hydrogens is 360 g/mol. The summed E-state index contributed by atoms with van der Waals surface area (Å²) in [7, 11) is 0. The van der Waals surface area contributed by atoms with Crippen LogP contribution in [-0.4, -0.2) is 15.8 Å². The molecule has 0 radical (unpaired) electrons. The molecule has 2 aromatic carbocycles. The Bertz CT molecular complexity index is 1010. The van der Waals surface area contributed by atoms with Crippen molar-refractivity contribution in [3.63, 3.8) is 0 Å². The zero-order chi connectivity index (χ0) is 21.1. The lowest BCUT2D eigenvalue weighted by atomic mass is 9.85. The van der Waals surface area contributed by atoms with Crippen molar-refractivity contribution in [3.05, 3.63) is 69.3 Å². The summed E-state index contributed by atoms with van der Waals surface area (Å²) in [6.45, 7) is 6.61. The molecule has 0 saturated carbocycles. The minimum atomic E-state index is -0.929. The van der Waals surface area contributed by atoms with Crippen LogP contribution < -0.4 is 4.74 Å². The van der Waals surface area contributed by atoms with Crippen LogP contribution in [0.5, 0.6) is 11.5 Å². The van der Waals surface area contributed by atoms with Crippen LogP contribution in [-0.2, 0) is 4.79 Å². The number of benzene rings is 2. The maximum Gasteiger partial charge on any atom is 0.284 e. The fourth-order valence-corrected chi connectivity index (χ4v) is 2.45. The Morgan fingerprint density at radius 2 is 1.86 bits per heavy atom. The van der Waals surface area contributed by atoms with Crippen LogP contribution >= 0.6 is 0 Å². The van der Waals surface area contributed by atoms with E-state index in [9.17, 15) is 25.3 Å². The van der Waals surface area contributed by atoms with Gasteiger partial charge in [0.15, 0.2) is 11.5 Å². The van der Waals surface area contributed by atoms with Gasteiger partial charge in [-0.1, -0.05) is 39.0 Å². The molecule has 0 spiro atoms. The number of carbonyl (C=O) groups excluding carboxylic acids is 1. The van der Waals surface area contributed by atoms with Gasteiger partial charge in [-0.05, 0) is 30.7 Å². The van der Waals surface area contributed by atoms with Crippen molar-refractivity contribution in [2.24, 2.45) is 5.41 Å². The van der Waals surface area contributed by atoms with Gasteiger partial charge in [-0.3, -0.25) is 14.9 Å². The second-order valence-electron chi connectivity index (χ2n) is 7.22. The van der Waals surface area contributed by atoms with Crippen LogP contribution in [0.4, 0.5) is 5.69 Å². The molecule has 28 heavy (non-hydrogen) atoms. The van der Waals surface area contributed by atoms with Crippen molar-refractivity contribution in [1.29, 1.82) is 5.26 Å². The first-order chi connectivity index (χ1) is 13.1.